The summed E-state index contributed by atoms with van der Waals surface area (Å²) < 4.78 is 13.2. The van der Waals surface area contributed by atoms with Gasteiger partial charge in [0.2, 0.25) is 5.67 Å². The second-order valence-electron chi connectivity index (χ2n) is 2.78. The van der Waals surface area contributed by atoms with Crippen LogP contribution >= 0.6 is 0 Å². The molecule has 1 N–H and O–H groups in total. The number of rotatable bonds is 1. The minimum absolute atomic E-state index is 0.349. The van der Waals surface area contributed by atoms with E-state index in [9.17, 15) is 9.50 Å². The van der Waals surface area contributed by atoms with Crippen molar-refractivity contribution in [2.45, 2.75) is 24.6 Å². The van der Waals surface area contributed by atoms with Crippen LogP contribution in [0.2, 0.25) is 0 Å². The summed E-state index contributed by atoms with van der Waals surface area (Å²) in [6, 6.07) is 0. The van der Waals surface area contributed by atoms with Crippen LogP contribution in [-0.4, -0.2) is 16.4 Å². The van der Waals surface area contributed by atoms with E-state index in [1.54, 1.807) is 11.8 Å². The van der Waals surface area contributed by atoms with Crippen molar-refractivity contribution in [3.05, 3.63) is 0 Å². The molecule has 0 aromatic rings. The van der Waals surface area contributed by atoms with Gasteiger partial charge in [-0.15, -0.1) is 19.3 Å². The summed E-state index contributed by atoms with van der Waals surface area (Å²) in [5, 5.41) is 9.23. The molecule has 0 saturated carbocycles. The third kappa shape index (κ3) is 3.69. The molecule has 0 aliphatic carbocycles. The molecular weight excluding hydrogens is 179 g/mol. The standard InChI is InChI=1S/C12H9FO/c1-5-11(4,14)9-8-10-12(13,6-2)7-3/h1-3,14H,10H2,4H3. The maximum absolute atomic E-state index is 13.2. The average molecular weight is 188 g/mol. The third-order valence-corrected chi connectivity index (χ3v) is 1.40. The van der Waals surface area contributed by atoms with Crippen LogP contribution in [0.15, 0.2) is 0 Å². The molecule has 0 aromatic heterocycles. The Labute approximate surface area is 83.7 Å². The second-order valence-corrected chi connectivity index (χ2v) is 2.78. The highest BCUT2D eigenvalue weighted by atomic mass is 19.1. The van der Waals surface area contributed by atoms with Gasteiger partial charge in [0.05, 0.1) is 6.42 Å². The Bertz CT molecular complexity index is 373. The zero-order valence-corrected chi connectivity index (χ0v) is 7.76. The topological polar surface area (TPSA) is 20.2 Å². The van der Waals surface area contributed by atoms with Crippen LogP contribution in [0.4, 0.5) is 4.39 Å². The summed E-state index contributed by atoms with van der Waals surface area (Å²) in [6.45, 7) is 1.31. The fraction of sp³-hybridized carbons (Fsp3) is 0.333. The highest BCUT2D eigenvalue weighted by Crippen LogP contribution is 2.12. The fourth-order valence-electron chi connectivity index (χ4n) is 0.518. The van der Waals surface area contributed by atoms with Gasteiger partial charge in [-0.05, 0) is 6.92 Å². The zero-order valence-electron chi connectivity index (χ0n) is 7.76. The first-order valence-corrected chi connectivity index (χ1v) is 3.74. The predicted octanol–water partition coefficient (Wildman–Crippen LogP) is 0.739. The predicted molar refractivity (Wildman–Crippen MR) is 53.4 cm³/mol. The quantitative estimate of drug-likeness (QED) is 0.602. The minimum atomic E-state index is -2.20. The highest BCUT2D eigenvalue weighted by Gasteiger charge is 2.22. The van der Waals surface area contributed by atoms with Gasteiger partial charge >= 0.3 is 0 Å². The molecule has 0 aromatic carbocycles. The minimum Gasteiger partial charge on any atom is -0.367 e. The molecule has 0 aliphatic heterocycles. The molecule has 0 spiro atoms. The normalized spacial score (nSPS) is 13.4. The van der Waals surface area contributed by atoms with Gasteiger partial charge in [-0.1, -0.05) is 29.6 Å². The molecule has 0 bridgehead atoms. The van der Waals surface area contributed by atoms with Crippen LogP contribution in [-0.2, 0) is 0 Å². The van der Waals surface area contributed by atoms with Crippen molar-refractivity contribution in [2.75, 3.05) is 0 Å². The van der Waals surface area contributed by atoms with E-state index in [1.165, 1.54) is 6.92 Å². The lowest BCUT2D eigenvalue weighted by Gasteiger charge is -2.08. The Hall–Kier alpha value is -1.87. The van der Waals surface area contributed by atoms with Crippen molar-refractivity contribution in [2.24, 2.45) is 0 Å². The Morgan fingerprint density at radius 1 is 1.21 bits per heavy atom. The number of alkyl halides is 1. The Balaban J connectivity index is 4.58. The number of halogens is 1. The molecule has 2 heteroatoms. The number of hydrogen-bond acceptors (Lipinski definition) is 1. The first kappa shape index (κ1) is 12.1. The van der Waals surface area contributed by atoms with Gasteiger partial charge in [-0.2, -0.15) is 0 Å². The average Bonchev–Trinajstić information content (AvgIpc) is 2.17. The maximum Gasteiger partial charge on any atom is 0.241 e. The SMILES string of the molecule is C#CC(C)(O)C#CCC(F)(C#C)C#C. The smallest absolute Gasteiger partial charge is 0.241 e. The number of terminal acetylenes is 3. The number of aliphatic hydroxyl groups is 1. The summed E-state index contributed by atoms with van der Waals surface area (Å²) in [6.07, 6.45) is 14.3. The van der Waals surface area contributed by atoms with Gasteiger partial charge in [-0.25, -0.2) is 4.39 Å². The van der Waals surface area contributed by atoms with Crippen LogP contribution in [0.5, 0.6) is 0 Å². The second kappa shape index (κ2) is 4.39. The molecule has 70 valence electrons. The highest BCUT2D eigenvalue weighted by molar-refractivity contribution is 5.31. The largest absolute Gasteiger partial charge is 0.367 e. The van der Waals surface area contributed by atoms with Crippen LogP contribution in [0.1, 0.15) is 13.3 Å². The first-order valence-electron chi connectivity index (χ1n) is 3.74. The Kier molecular flexibility index (Phi) is 3.80. The first-order chi connectivity index (χ1) is 6.39. The lowest BCUT2D eigenvalue weighted by Crippen LogP contribution is -2.19. The van der Waals surface area contributed by atoms with Gasteiger partial charge < -0.3 is 5.11 Å². The van der Waals surface area contributed by atoms with Gasteiger partial charge in [0.25, 0.3) is 0 Å². The van der Waals surface area contributed by atoms with E-state index in [0.717, 1.165) is 0 Å². The monoisotopic (exact) mass is 188 g/mol. The molecule has 0 fully saturated rings. The summed E-state index contributed by atoms with van der Waals surface area (Å²) >= 11 is 0. The molecule has 0 aliphatic rings. The van der Waals surface area contributed by atoms with Crippen molar-refractivity contribution in [1.82, 2.24) is 0 Å². The summed E-state index contributed by atoms with van der Waals surface area (Å²) in [5.41, 5.74) is -3.78. The molecule has 0 heterocycles. The van der Waals surface area contributed by atoms with Gasteiger partial charge in [-0.3, -0.25) is 0 Å². The molecule has 0 amide bonds. The van der Waals surface area contributed by atoms with Gasteiger partial charge in [0.15, 0.2) is 5.60 Å². The van der Waals surface area contributed by atoms with Crippen LogP contribution in [0, 0.1) is 48.9 Å². The molecule has 1 unspecified atom stereocenters. The van der Waals surface area contributed by atoms with Crippen LogP contribution < -0.4 is 0 Å². The van der Waals surface area contributed by atoms with E-state index < -0.39 is 11.3 Å². The molecule has 14 heavy (non-hydrogen) atoms. The lowest BCUT2D eigenvalue weighted by molar-refractivity contribution is 0.184. The van der Waals surface area contributed by atoms with E-state index in [-0.39, 0.29) is 6.42 Å². The number of hydrogen-bond donors (Lipinski definition) is 1. The van der Waals surface area contributed by atoms with Crippen LogP contribution in [0.3, 0.4) is 0 Å². The Morgan fingerprint density at radius 2 is 1.71 bits per heavy atom. The molecular formula is C12H9FO. The van der Waals surface area contributed by atoms with E-state index in [2.05, 4.69) is 11.8 Å². The molecule has 1 atom stereocenters. The van der Waals surface area contributed by atoms with Crippen LogP contribution in [0.25, 0.3) is 0 Å². The van der Waals surface area contributed by atoms with E-state index in [1.807, 2.05) is 5.92 Å². The van der Waals surface area contributed by atoms with Gasteiger partial charge in [0.1, 0.15) is 0 Å². The summed E-state index contributed by atoms with van der Waals surface area (Å²) in [4.78, 5) is 0. The van der Waals surface area contributed by atoms with Gasteiger partial charge in [0, 0.05) is 0 Å². The zero-order chi connectivity index (χ0) is 11.2. The summed E-state index contributed by atoms with van der Waals surface area (Å²) in [7, 11) is 0. The van der Waals surface area contributed by atoms with Crippen molar-refractivity contribution in [3.63, 3.8) is 0 Å². The molecule has 1 nitrogen and oxygen atoms in total. The van der Waals surface area contributed by atoms with Crippen molar-refractivity contribution in [1.29, 1.82) is 0 Å². The molecule has 0 radical (unpaired) electrons. The van der Waals surface area contributed by atoms with E-state index >= 15 is 0 Å². The van der Waals surface area contributed by atoms with Crippen molar-refractivity contribution in [3.8, 4) is 48.9 Å². The lowest BCUT2D eigenvalue weighted by atomic mass is 10.0. The third-order valence-electron chi connectivity index (χ3n) is 1.40. The van der Waals surface area contributed by atoms with E-state index in [0.29, 0.717) is 0 Å². The molecule has 0 rings (SSSR count). The summed E-state index contributed by atoms with van der Waals surface area (Å²) in [5.74, 6) is 10.2. The molecule has 0 saturated heterocycles. The van der Waals surface area contributed by atoms with Crippen molar-refractivity contribution >= 4 is 0 Å². The van der Waals surface area contributed by atoms with E-state index in [4.69, 9.17) is 19.3 Å². The fourth-order valence-corrected chi connectivity index (χ4v) is 0.518. The maximum atomic E-state index is 13.2. The van der Waals surface area contributed by atoms with Crippen molar-refractivity contribution < 1.29 is 9.50 Å². The Morgan fingerprint density at radius 3 is 2.07 bits per heavy atom.